The maximum absolute atomic E-state index is 14.6. The number of fused-ring (bicyclic) bond motifs is 1. The van der Waals surface area contributed by atoms with E-state index < -0.39 is 52.9 Å². The molecule has 3 unspecified atom stereocenters. The van der Waals surface area contributed by atoms with Crippen LogP contribution >= 0.6 is 0 Å². The number of aromatic nitrogens is 2. The fourth-order valence-electron chi connectivity index (χ4n) is 7.53. The lowest BCUT2D eigenvalue weighted by atomic mass is 9.83. The lowest BCUT2D eigenvalue weighted by Gasteiger charge is -2.35. The highest BCUT2D eigenvalue weighted by Gasteiger charge is 2.41. The number of hydrogen-bond donors (Lipinski definition) is 5. The summed E-state index contributed by atoms with van der Waals surface area (Å²) in [5.74, 6) is -1.13. The number of benzene rings is 2. The van der Waals surface area contributed by atoms with Gasteiger partial charge < -0.3 is 35.7 Å². The van der Waals surface area contributed by atoms with Crippen molar-refractivity contribution < 1.29 is 33.9 Å². The number of nitrogens with one attached hydrogen (secondary N) is 4. The van der Waals surface area contributed by atoms with Crippen molar-refractivity contribution in [2.24, 2.45) is 11.8 Å². The number of non-ortho nitro benzene ring substituents is 1. The first-order chi connectivity index (χ1) is 26.4. The SMILES string of the molecule is CC(=O)N(C1COc2ccc([N+](=O)[O-])cc21)[C@@H](Cc1ccccc1)C(=O)N[C@@H](Cc1cnc[nH]1)C(=O)NC(CC1CCCCC1)C(O)CC(=O)NCC(C)C. The molecule has 55 heavy (non-hydrogen) atoms. The molecule has 5 rings (SSSR count). The second kappa shape index (κ2) is 19.3. The zero-order valence-corrected chi connectivity index (χ0v) is 31.7. The van der Waals surface area contributed by atoms with Crippen molar-refractivity contribution in [2.75, 3.05) is 13.2 Å². The summed E-state index contributed by atoms with van der Waals surface area (Å²) in [4.78, 5) is 74.9. The number of nitrogens with zero attached hydrogens (tertiary/aromatic N) is 3. The second-order valence-electron chi connectivity index (χ2n) is 15.1. The van der Waals surface area contributed by atoms with Crippen LogP contribution in [0.15, 0.2) is 61.1 Å². The number of aliphatic hydroxyl groups excluding tert-OH is 1. The molecule has 296 valence electrons. The van der Waals surface area contributed by atoms with E-state index in [-0.39, 0.29) is 49.3 Å². The van der Waals surface area contributed by atoms with Crippen molar-refractivity contribution >= 4 is 29.3 Å². The molecule has 1 aliphatic heterocycles. The Morgan fingerprint density at radius 1 is 1.04 bits per heavy atom. The number of carbonyl (C=O) groups excluding carboxylic acids is 4. The number of ether oxygens (including phenoxy) is 1. The molecule has 2 aliphatic rings. The van der Waals surface area contributed by atoms with Gasteiger partial charge in [-0.25, -0.2) is 4.98 Å². The molecule has 0 radical (unpaired) electrons. The van der Waals surface area contributed by atoms with E-state index in [1.165, 1.54) is 36.4 Å². The highest BCUT2D eigenvalue weighted by molar-refractivity contribution is 5.92. The average molecular weight is 760 g/mol. The van der Waals surface area contributed by atoms with Crippen molar-refractivity contribution in [3.05, 3.63) is 88.0 Å². The van der Waals surface area contributed by atoms with Gasteiger partial charge in [-0.15, -0.1) is 0 Å². The van der Waals surface area contributed by atoms with Gasteiger partial charge in [0.05, 0.1) is 35.9 Å². The fourth-order valence-corrected chi connectivity index (χ4v) is 7.53. The number of H-pyrrole nitrogens is 1. The van der Waals surface area contributed by atoms with Crippen LogP contribution in [0.3, 0.4) is 0 Å². The highest BCUT2D eigenvalue weighted by atomic mass is 16.6. The van der Waals surface area contributed by atoms with E-state index in [0.29, 0.717) is 30.0 Å². The van der Waals surface area contributed by atoms with Gasteiger partial charge in [-0.05, 0) is 29.9 Å². The Balaban J connectivity index is 1.44. The van der Waals surface area contributed by atoms with Gasteiger partial charge in [0, 0.05) is 55.9 Å². The maximum Gasteiger partial charge on any atom is 0.270 e. The Hall–Kier alpha value is -5.31. The molecule has 4 amide bonds. The van der Waals surface area contributed by atoms with E-state index in [2.05, 4.69) is 25.9 Å². The van der Waals surface area contributed by atoms with Crippen LogP contribution in [0, 0.1) is 22.0 Å². The first kappa shape index (κ1) is 40.9. The number of aliphatic hydroxyl groups is 1. The third-order valence-corrected chi connectivity index (χ3v) is 10.4. The number of imidazole rings is 1. The summed E-state index contributed by atoms with van der Waals surface area (Å²) in [5, 5.41) is 31.8. The Morgan fingerprint density at radius 2 is 1.78 bits per heavy atom. The van der Waals surface area contributed by atoms with E-state index in [1.807, 2.05) is 44.2 Å². The van der Waals surface area contributed by atoms with Gasteiger partial charge >= 0.3 is 0 Å². The molecule has 5 N–H and O–H groups in total. The first-order valence-corrected chi connectivity index (χ1v) is 19.2. The molecule has 0 saturated heterocycles. The zero-order valence-electron chi connectivity index (χ0n) is 31.7. The molecule has 1 aliphatic carbocycles. The summed E-state index contributed by atoms with van der Waals surface area (Å²) >= 11 is 0. The van der Waals surface area contributed by atoms with Crippen LogP contribution in [0.1, 0.15) is 88.6 Å². The topological polar surface area (TPSA) is 209 Å². The molecule has 2 aromatic carbocycles. The van der Waals surface area contributed by atoms with Crippen LogP contribution in [-0.2, 0) is 32.0 Å². The molecule has 2 heterocycles. The third kappa shape index (κ3) is 11.4. The van der Waals surface area contributed by atoms with Crippen molar-refractivity contribution in [2.45, 2.75) is 109 Å². The van der Waals surface area contributed by atoms with Gasteiger partial charge in [0.25, 0.3) is 5.69 Å². The summed E-state index contributed by atoms with van der Waals surface area (Å²) in [6, 6.07) is 9.34. The molecule has 15 nitrogen and oxygen atoms in total. The van der Waals surface area contributed by atoms with Crippen LogP contribution in [-0.4, -0.2) is 85.9 Å². The Kier molecular flexibility index (Phi) is 14.4. The Bertz CT molecular complexity index is 1760. The minimum atomic E-state index is -1.18. The van der Waals surface area contributed by atoms with E-state index >= 15 is 0 Å². The molecule has 15 heteroatoms. The quantitative estimate of drug-likeness (QED) is 0.0940. The minimum Gasteiger partial charge on any atom is -0.491 e. The van der Waals surface area contributed by atoms with Crippen molar-refractivity contribution in [3.8, 4) is 5.75 Å². The summed E-state index contributed by atoms with van der Waals surface area (Å²) < 4.78 is 5.85. The number of hydrogen-bond acceptors (Lipinski definition) is 9. The standard InChI is InChI=1S/C40H53N7O8/c1-25(2)21-42-38(50)20-36(49)32(16-27-10-6-4-7-11-27)44-39(51)33(18-29-22-41-24-43-29)45-40(52)34(17-28-12-8-5-9-13-28)46(26(3)48)35-23-55-37-15-14-30(47(53)54)19-31(35)37/h5,8-9,12-15,19,22,24-25,27,32-36,49H,4,6-7,10-11,16-18,20-21,23H2,1-3H3,(H,41,43)(H,42,50)(H,44,51)(H,45,52)/t32?,33-,34-,35?,36?/m0/s1. The Labute approximate surface area is 321 Å². The molecule has 1 fully saturated rings. The molecule has 1 saturated carbocycles. The molecule has 0 bridgehead atoms. The van der Waals surface area contributed by atoms with Crippen molar-refractivity contribution in [3.63, 3.8) is 0 Å². The van der Waals surface area contributed by atoms with Crippen LogP contribution in [0.2, 0.25) is 0 Å². The number of carbonyl (C=O) groups is 4. The molecule has 0 spiro atoms. The zero-order chi connectivity index (χ0) is 39.5. The monoisotopic (exact) mass is 759 g/mol. The van der Waals surface area contributed by atoms with Crippen LogP contribution < -0.4 is 20.7 Å². The van der Waals surface area contributed by atoms with Crippen molar-refractivity contribution in [1.82, 2.24) is 30.8 Å². The predicted octanol–water partition coefficient (Wildman–Crippen LogP) is 3.92. The number of nitro groups is 1. The third-order valence-electron chi connectivity index (χ3n) is 10.4. The smallest absolute Gasteiger partial charge is 0.270 e. The van der Waals surface area contributed by atoms with E-state index in [0.717, 1.165) is 37.7 Å². The van der Waals surface area contributed by atoms with Crippen molar-refractivity contribution in [1.29, 1.82) is 0 Å². The van der Waals surface area contributed by atoms with Gasteiger partial charge in [0.1, 0.15) is 24.4 Å². The summed E-state index contributed by atoms with van der Waals surface area (Å²) in [6.07, 6.45) is 7.32. The van der Waals surface area contributed by atoms with Gasteiger partial charge in [0.2, 0.25) is 23.6 Å². The predicted molar refractivity (Wildman–Crippen MR) is 204 cm³/mol. The molecule has 1 aromatic heterocycles. The average Bonchev–Trinajstić information content (AvgIpc) is 3.84. The van der Waals surface area contributed by atoms with Crippen LogP contribution in [0.5, 0.6) is 5.75 Å². The van der Waals surface area contributed by atoms with Gasteiger partial charge in [-0.3, -0.25) is 29.3 Å². The summed E-state index contributed by atoms with van der Waals surface area (Å²) in [7, 11) is 0. The van der Waals surface area contributed by atoms with E-state index in [9.17, 15) is 34.4 Å². The molecule has 3 aromatic rings. The van der Waals surface area contributed by atoms with Crippen LogP contribution in [0.4, 0.5) is 5.69 Å². The Morgan fingerprint density at radius 3 is 2.44 bits per heavy atom. The molecular formula is C40H53N7O8. The van der Waals surface area contributed by atoms with E-state index in [4.69, 9.17) is 4.74 Å². The largest absolute Gasteiger partial charge is 0.491 e. The second-order valence-corrected chi connectivity index (χ2v) is 15.1. The maximum atomic E-state index is 14.6. The normalized spacial score (nSPS) is 17.6. The molecular weight excluding hydrogens is 706 g/mol. The molecule has 5 atom stereocenters. The summed E-state index contributed by atoms with van der Waals surface area (Å²) in [5.41, 5.74) is 1.53. The lowest BCUT2D eigenvalue weighted by molar-refractivity contribution is -0.384. The summed E-state index contributed by atoms with van der Waals surface area (Å²) in [6.45, 7) is 5.70. The number of rotatable bonds is 18. The number of nitro benzene ring substituents is 1. The minimum absolute atomic E-state index is 0.0123. The lowest BCUT2D eigenvalue weighted by Crippen LogP contribution is -2.58. The number of aromatic amines is 1. The fraction of sp³-hybridized carbons (Fsp3) is 0.525. The van der Waals surface area contributed by atoms with Gasteiger partial charge in [-0.2, -0.15) is 0 Å². The van der Waals surface area contributed by atoms with Gasteiger partial charge in [0.15, 0.2) is 0 Å². The van der Waals surface area contributed by atoms with Gasteiger partial charge in [-0.1, -0.05) is 76.3 Å². The number of amides is 4. The van der Waals surface area contributed by atoms with E-state index in [1.54, 1.807) is 6.20 Å². The first-order valence-electron chi connectivity index (χ1n) is 19.2. The van der Waals surface area contributed by atoms with Crippen LogP contribution in [0.25, 0.3) is 0 Å². The highest BCUT2D eigenvalue weighted by Crippen LogP contribution is 2.40.